The van der Waals surface area contributed by atoms with Gasteiger partial charge in [0.2, 0.25) is 0 Å². The van der Waals surface area contributed by atoms with Crippen molar-refractivity contribution in [3.63, 3.8) is 0 Å². The number of nitrogens with one attached hydrogen (secondary N) is 1. The molecule has 1 heterocycles. The van der Waals surface area contributed by atoms with Crippen molar-refractivity contribution >= 4 is 0 Å². The lowest BCUT2D eigenvalue weighted by Crippen LogP contribution is -2.53. The van der Waals surface area contributed by atoms with E-state index in [0.717, 1.165) is 6.42 Å². The molecule has 0 aromatic heterocycles. The van der Waals surface area contributed by atoms with Crippen LogP contribution in [0, 0.1) is 0 Å². The van der Waals surface area contributed by atoms with E-state index in [1.54, 1.807) is 0 Å². The van der Waals surface area contributed by atoms with Crippen LogP contribution >= 0.6 is 0 Å². The summed E-state index contributed by atoms with van der Waals surface area (Å²) in [6.07, 6.45) is 3.64. The molecule has 1 aliphatic rings. The summed E-state index contributed by atoms with van der Waals surface area (Å²) in [6.45, 7) is 12.4. The number of likely N-dealkylation sites (tertiary alicyclic amines) is 1. The molecule has 0 amide bonds. The molecule has 0 saturated carbocycles. The Labute approximate surface area is 107 Å². The largest absolute Gasteiger partial charge is 0.394 e. The van der Waals surface area contributed by atoms with E-state index in [4.69, 9.17) is 0 Å². The third-order valence-corrected chi connectivity index (χ3v) is 3.90. The van der Waals surface area contributed by atoms with Crippen molar-refractivity contribution in [1.82, 2.24) is 10.2 Å². The fourth-order valence-electron chi connectivity index (χ4n) is 3.25. The highest BCUT2D eigenvalue weighted by Crippen LogP contribution is 2.24. The van der Waals surface area contributed by atoms with Crippen molar-refractivity contribution in [2.45, 2.75) is 77.5 Å². The Morgan fingerprint density at radius 2 is 2.06 bits per heavy atom. The number of aliphatic hydroxyl groups excluding tert-OH is 1. The van der Waals surface area contributed by atoms with Crippen LogP contribution in [-0.4, -0.2) is 46.8 Å². The van der Waals surface area contributed by atoms with Gasteiger partial charge in [0.25, 0.3) is 0 Å². The number of hydrogen-bond donors (Lipinski definition) is 2. The fraction of sp³-hybridized carbons (Fsp3) is 1.00. The second kappa shape index (κ2) is 6.17. The van der Waals surface area contributed by atoms with Crippen LogP contribution < -0.4 is 5.32 Å². The SMILES string of the molecule is CC(C)NC(C)(CO)CC(C)N1CCCC1C. The number of hydrogen-bond acceptors (Lipinski definition) is 3. The Hall–Kier alpha value is -0.120. The van der Waals surface area contributed by atoms with E-state index in [1.807, 2.05) is 0 Å². The lowest BCUT2D eigenvalue weighted by molar-refractivity contribution is 0.106. The van der Waals surface area contributed by atoms with E-state index in [1.165, 1.54) is 19.4 Å². The van der Waals surface area contributed by atoms with Gasteiger partial charge < -0.3 is 10.4 Å². The second-order valence-electron chi connectivity index (χ2n) is 6.30. The van der Waals surface area contributed by atoms with Crippen molar-refractivity contribution in [1.29, 1.82) is 0 Å². The monoisotopic (exact) mass is 242 g/mol. The van der Waals surface area contributed by atoms with Gasteiger partial charge in [0.1, 0.15) is 0 Å². The zero-order chi connectivity index (χ0) is 13.1. The summed E-state index contributed by atoms with van der Waals surface area (Å²) in [5.41, 5.74) is -0.157. The molecular weight excluding hydrogens is 212 g/mol. The van der Waals surface area contributed by atoms with E-state index in [2.05, 4.69) is 44.8 Å². The smallest absolute Gasteiger partial charge is 0.0611 e. The predicted molar refractivity (Wildman–Crippen MR) is 73.2 cm³/mol. The van der Waals surface area contributed by atoms with Gasteiger partial charge in [-0.2, -0.15) is 0 Å². The first-order chi connectivity index (χ1) is 7.88. The van der Waals surface area contributed by atoms with Gasteiger partial charge in [0.15, 0.2) is 0 Å². The third kappa shape index (κ3) is 4.23. The lowest BCUT2D eigenvalue weighted by atomic mass is 9.92. The van der Waals surface area contributed by atoms with Crippen molar-refractivity contribution < 1.29 is 5.11 Å². The van der Waals surface area contributed by atoms with Crippen LogP contribution in [-0.2, 0) is 0 Å². The van der Waals surface area contributed by atoms with E-state index >= 15 is 0 Å². The minimum Gasteiger partial charge on any atom is -0.394 e. The average Bonchev–Trinajstić information content (AvgIpc) is 2.63. The van der Waals surface area contributed by atoms with Gasteiger partial charge in [-0.05, 0) is 46.6 Å². The summed E-state index contributed by atoms with van der Waals surface area (Å²) in [5.74, 6) is 0. The molecule has 3 atom stereocenters. The molecule has 17 heavy (non-hydrogen) atoms. The molecule has 1 fully saturated rings. The Morgan fingerprint density at radius 3 is 2.47 bits per heavy atom. The van der Waals surface area contributed by atoms with Gasteiger partial charge >= 0.3 is 0 Å². The molecular formula is C14H30N2O. The van der Waals surface area contributed by atoms with Crippen LogP contribution in [0.3, 0.4) is 0 Å². The molecule has 0 radical (unpaired) electrons. The topological polar surface area (TPSA) is 35.5 Å². The number of nitrogens with zero attached hydrogens (tertiary/aromatic N) is 1. The van der Waals surface area contributed by atoms with Gasteiger partial charge in [-0.1, -0.05) is 13.8 Å². The van der Waals surface area contributed by atoms with E-state index in [9.17, 15) is 5.11 Å². The quantitative estimate of drug-likeness (QED) is 0.748. The van der Waals surface area contributed by atoms with Crippen LogP contribution in [0.2, 0.25) is 0 Å². The zero-order valence-corrected chi connectivity index (χ0v) is 12.2. The van der Waals surface area contributed by atoms with Crippen molar-refractivity contribution in [3.8, 4) is 0 Å². The van der Waals surface area contributed by atoms with E-state index in [-0.39, 0.29) is 12.1 Å². The van der Waals surface area contributed by atoms with Crippen molar-refractivity contribution in [2.24, 2.45) is 0 Å². The summed E-state index contributed by atoms with van der Waals surface area (Å²) >= 11 is 0. The van der Waals surface area contributed by atoms with Crippen LogP contribution in [0.4, 0.5) is 0 Å². The van der Waals surface area contributed by atoms with Crippen LogP contribution in [0.1, 0.15) is 53.9 Å². The maximum atomic E-state index is 9.61. The highest BCUT2D eigenvalue weighted by molar-refractivity contribution is 4.90. The fourth-order valence-corrected chi connectivity index (χ4v) is 3.25. The molecule has 0 aromatic carbocycles. The number of rotatable bonds is 6. The van der Waals surface area contributed by atoms with Crippen LogP contribution in [0.25, 0.3) is 0 Å². The van der Waals surface area contributed by atoms with E-state index < -0.39 is 0 Å². The summed E-state index contributed by atoms with van der Waals surface area (Å²) in [5, 5.41) is 13.1. The Bertz CT molecular complexity index is 232. The van der Waals surface area contributed by atoms with E-state index in [0.29, 0.717) is 18.1 Å². The van der Waals surface area contributed by atoms with Gasteiger partial charge in [-0.3, -0.25) is 4.90 Å². The standard InChI is InChI=1S/C14H30N2O/c1-11(2)15-14(5,10-17)9-13(4)16-8-6-7-12(16)3/h11-13,15,17H,6-10H2,1-5H3. The summed E-state index contributed by atoms with van der Waals surface area (Å²) in [7, 11) is 0. The maximum Gasteiger partial charge on any atom is 0.0611 e. The van der Waals surface area contributed by atoms with Gasteiger partial charge in [0.05, 0.1) is 6.61 Å². The minimum absolute atomic E-state index is 0.157. The second-order valence-corrected chi connectivity index (χ2v) is 6.30. The maximum absolute atomic E-state index is 9.61. The van der Waals surface area contributed by atoms with Crippen molar-refractivity contribution in [2.75, 3.05) is 13.2 Å². The molecule has 0 aromatic rings. The van der Waals surface area contributed by atoms with Gasteiger partial charge in [-0.15, -0.1) is 0 Å². The predicted octanol–water partition coefficient (Wildman–Crippen LogP) is 2.00. The molecule has 3 heteroatoms. The first-order valence-electron chi connectivity index (χ1n) is 7.02. The average molecular weight is 242 g/mol. The van der Waals surface area contributed by atoms with Gasteiger partial charge in [-0.25, -0.2) is 0 Å². The normalized spacial score (nSPS) is 27.4. The zero-order valence-electron chi connectivity index (χ0n) is 12.2. The molecule has 0 bridgehead atoms. The lowest BCUT2D eigenvalue weighted by Gasteiger charge is -2.38. The van der Waals surface area contributed by atoms with Crippen LogP contribution in [0.5, 0.6) is 0 Å². The molecule has 1 aliphatic heterocycles. The summed E-state index contributed by atoms with van der Waals surface area (Å²) in [6, 6.07) is 1.65. The highest BCUT2D eigenvalue weighted by atomic mass is 16.3. The minimum atomic E-state index is -0.157. The molecule has 0 spiro atoms. The molecule has 1 saturated heterocycles. The molecule has 102 valence electrons. The molecule has 2 N–H and O–H groups in total. The molecule has 3 nitrogen and oxygen atoms in total. The van der Waals surface area contributed by atoms with Gasteiger partial charge in [0, 0.05) is 23.7 Å². The van der Waals surface area contributed by atoms with Crippen molar-refractivity contribution in [3.05, 3.63) is 0 Å². The Balaban J connectivity index is 2.54. The molecule has 0 aliphatic carbocycles. The molecule has 3 unspecified atom stereocenters. The molecule has 1 rings (SSSR count). The Kier molecular flexibility index (Phi) is 5.42. The number of aliphatic hydroxyl groups is 1. The third-order valence-electron chi connectivity index (χ3n) is 3.90. The summed E-state index contributed by atoms with van der Waals surface area (Å²) in [4.78, 5) is 2.58. The first kappa shape index (κ1) is 14.9. The first-order valence-corrected chi connectivity index (χ1v) is 7.02. The summed E-state index contributed by atoms with van der Waals surface area (Å²) < 4.78 is 0. The highest BCUT2D eigenvalue weighted by Gasteiger charge is 2.32. The Morgan fingerprint density at radius 1 is 1.41 bits per heavy atom. The van der Waals surface area contributed by atoms with Crippen LogP contribution in [0.15, 0.2) is 0 Å².